The van der Waals surface area contributed by atoms with Crippen molar-refractivity contribution in [2.24, 2.45) is 0 Å². The third-order valence-electron chi connectivity index (χ3n) is 2.80. The Kier molecular flexibility index (Phi) is 3.84. The largest absolute Gasteiger partial charge is 0.481 e. The van der Waals surface area contributed by atoms with Gasteiger partial charge in [-0.15, -0.1) is 0 Å². The summed E-state index contributed by atoms with van der Waals surface area (Å²) in [6.07, 6.45) is 0. The fourth-order valence-corrected chi connectivity index (χ4v) is 1.69. The number of methoxy groups -OCH3 is 1. The number of amides is 1. The van der Waals surface area contributed by atoms with Crippen LogP contribution in [0.3, 0.4) is 0 Å². The molecule has 1 aromatic carbocycles. The van der Waals surface area contributed by atoms with Crippen LogP contribution in [0.15, 0.2) is 24.3 Å². The second kappa shape index (κ2) is 5.56. The second-order valence-electron chi connectivity index (χ2n) is 4.40. The monoisotopic (exact) mass is 272 g/mol. The Hall–Kier alpha value is -2.63. The van der Waals surface area contributed by atoms with E-state index in [0.29, 0.717) is 22.8 Å². The fraction of sp³-hybridized carbons (Fsp3) is 0.214. The number of aryl methyl sites for hydroxylation is 2. The van der Waals surface area contributed by atoms with E-state index in [4.69, 9.17) is 10.5 Å². The van der Waals surface area contributed by atoms with Crippen LogP contribution in [-0.4, -0.2) is 23.0 Å². The number of carbonyl (C=O) groups excluding carboxylic acids is 1. The summed E-state index contributed by atoms with van der Waals surface area (Å²) in [6.45, 7) is 3.64. The average molecular weight is 272 g/mol. The Bertz CT molecular complexity index is 656. The molecule has 2 aromatic rings. The zero-order valence-corrected chi connectivity index (χ0v) is 11.6. The topological polar surface area (TPSA) is 90.1 Å². The van der Waals surface area contributed by atoms with E-state index in [-0.39, 0.29) is 11.9 Å². The number of benzene rings is 1. The molecule has 3 N–H and O–H groups in total. The Balaban J connectivity index is 2.23. The Morgan fingerprint density at radius 1 is 1.25 bits per heavy atom. The van der Waals surface area contributed by atoms with Gasteiger partial charge in [0, 0.05) is 23.0 Å². The molecular weight excluding hydrogens is 256 g/mol. The first-order valence-electron chi connectivity index (χ1n) is 6.06. The minimum absolute atomic E-state index is 0.210. The number of carbonyl (C=O) groups is 1. The van der Waals surface area contributed by atoms with Gasteiger partial charge in [-0.05, 0) is 37.6 Å². The van der Waals surface area contributed by atoms with E-state index in [9.17, 15) is 4.79 Å². The van der Waals surface area contributed by atoms with Gasteiger partial charge in [-0.1, -0.05) is 0 Å². The lowest BCUT2D eigenvalue weighted by Crippen LogP contribution is -2.15. The molecule has 6 heteroatoms. The van der Waals surface area contributed by atoms with Crippen LogP contribution in [0.25, 0.3) is 0 Å². The third kappa shape index (κ3) is 3.03. The van der Waals surface area contributed by atoms with Gasteiger partial charge in [-0.3, -0.25) is 10.1 Å². The molecule has 20 heavy (non-hydrogen) atoms. The molecule has 0 aliphatic rings. The van der Waals surface area contributed by atoms with E-state index in [1.165, 1.54) is 7.11 Å². The first kappa shape index (κ1) is 13.8. The normalized spacial score (nSPS) is 10.2. The molecule has 0 atom stereocenters. The van der Waals surface area contributed by atoms with Crippen molar-refractivity contribution in [3.05, 3.63) is 41.1 Å². The molecule has 1 aromatic heterocycles. The maximum Gasteiger partial charge on any atom is 0.258 e. The van der Waals surface area contributed by atoms with E-state index in [0.717, 1.165) is 5.56 Å². The van der Waals surface area contributed by atoms with Crippen LogP contribution < -0.4 is 15.8 Å². The molecule has 0 fully saturated rings. The number of aromatic nitrogens is 2. The van der Waals surface area contributed by atoms with Crippen LogP contribution in [0.2, 0.25) is 0 Å². The molecular formula is C14H16N4O2. The van der Waals surface area contributed by atoms with Gasteiger partial charge in [0.15, 0.2) is 0 Å². The molecule has 0 saturated carbocycles. The van der Waals surface area contributed by atoms with E-state index in [2.05, 4.69) is 15.3 Å². The number of hydrogen-bond acceptors (Lipinski definition) is 5. The number of nitrogens with zero attached hydrogens (tertiary/aromatic N) is 2. The summed E-state index contributed by atoms with van der Waals surface area (Å²) in [4.78, 5) is 20.3. The molecule has 0 radical (unpaired) electrons. The van der Waals surface area contributed by atoms with Crippen LogP contribution in [0.1, 0.15) is 21.6 Å². The van der Waals surface area contributed by atoms with Crippen molar-refractivity contribution in [2.75, 3.05) is 18.2 Å². The molecule has 1 amide bonds. The van der Waals surface area contributed by atoms with Gasteiger partial charge in [0.05, 0.1) is 7.11 Å². The molecule has 2 rings (SSSR count). The molecule has 0 aliphatic heterocycles. The summed E-state index contributed by atoms with van der Waals surface area (Å²) in [5, 5.41) is 2.64. The van der Waals surface area contributed by atoms with E-state index in [1.807, 2.05) is 6.92 Å². The lowest BCUT2D eigenvalue weighted by Gasteiger charge is -2.07. The highest BCUT2D eigenvalue weighted by Crippen LogP contribution is 2.15. The highest BCUT2D eigenvalue weighted by Gasteiger charge is 2.10. The van der Waals surface area contributed by atoms with Gasteiger partial charge in [0.2, 0.25) is 11.8 Å². The van der Waals surface area contributed by atoms with Crippen molar-refractivity contribution >= 4 is 17.5 Å². The zero-order chi connectivity index (χ0) is 14.7. The maximum atomic E-state index is 12.1. The van der Waals surface area contributed by atoms with Crippen molar-refractivity contribution in [2.45, 2.75) is 13.8 Å². The predicted octanol–water partition coefficient (Wildman–Crippen LogP) is 1.94. The summed E-state index contributed by atoms with van der Waals surface area (Å²) in [5.41, 5.74) is 8.43. The fourth-order valence-electron chi connectivity index (χ4n) is 1.69. The number of hydrogen-bond donors (Lipinski definition) is 2. The number of nitrogen functional groups attached to an aromatic ring is 1. The van der Waals surface area contributed by atoms with Crippen LogP contribution in [0.4, 0.5) is 11.6 Å². The quantitative estimate of drug-likeness (QED) is 0.833. The van der Waals surface area contributed by atoms with Gasteiger partial charge in [-0.25, -0.2) is 4.98 Å². The maximum absolute atomic E-state index is 12.1. The molecule has 104 valence electrons. The average Bonchev–Trinajstić information content (AvgIpc) is 2.41. The minimum atomic E-state index is -0.291. The lowest BCUT2D eigenvalue weighted by atomic mass is 10.1. The van der Waals surface area contributed by atoms with Gasteiger partial charge < -0.3 is 10.5 Å². The highest BCUT2D eigenvalue weighted by atomic mass is 16.5. The number of rotatable bonds is 3. The third-order valence-corrected chi connectivity index (χ3v) is 2.80. The second-order valence-corrected chi connectivity index (χ2v) is 4.40. The smallest absolute Gasteiger partial charge is 0.258 e. The van der Waals surface area contributed by atoms with E-state index < -0.39 is 0 Å². The summed E-state index contributed by atoms with van der Waals surface area (Å²) in [6, 6.07) is 6.76. The van der Waals surface area contributed by atoms with Gasteiger partial charge >= 0.3 is 0 Å². The number of nitrogens with one attached hydrogen (secondary N) is 1. The SMILES string of the molecule is COc1cc(C)nc(NC(=O)c2ccc(N)c(C)c2)n1. The molecule has 6 nitrogen and oxygen atoms in total. The number of nitrogens with two attached hydrogens (primary N) is 1. The minimum Gasteiger partial charge on any atom is -0.481 e. The van der Waals surface area contributed by atoms with Gasteiger partial charge in [0.1, 0.15) is 0 Å². The van der Waals surface area contributed by atoms with Crippen molar-refractivity contribution < 1.29 is 9.53 Å². The summed E-state index contributed by atoms with van der Waals surface area (Å²) in [5.74, 6) is 0.323. The molecule has 1 heterocycles. The summed E-state index contributed by atoms with van der Waals surface area (Å²) >= 11 is 0. The molecule has 0 unspecified atom stereocenters. The van der Waals surface area contributed by atoms with E-state index >= 15 is 0 Å². The van der Waals surface area contributed by atoms with Gasteiger partial charge in [0.25, 0.3) is 5.91 Å². The zero-order valence-electron chi connectivity index (χ0n) is 11.6. The standard InChI is InChI=1S/C14H16N4O2/c1-8-6-10(4-5-11(8)15)13(19)18-14-16-9(2)7-12(17-14)20-3/h4-7H,15H2,1-3H3,(H,16,17,18,19). The van der Waals surface area contributed by atoms with Crippen molar-refractivity contribution in [1.82, 2.24) is 9.97 Å². The van der Waals surface area contributed by atoms with Crippen molar-refractivity contribution in [1.29, 1.82) is 0 Å². The Morgan fingerprint density at radius 3 is 2.65 bits per heavy atom. The van der Waals surface area contributed by atoms with Gasteiger partial charge in [-0.2, -0.15) is 4.98 Å². The molecule has 0 saturated heterocycles. The summed E-state index contributed by atoms with van der Waals surface area (Å²) < 4.78 is 5.04. The lowest BCUT2D eigenvalue weighted by molar-refractivity contribution is 0.102. The molecule has 0 aliphatic carbocycles. The first-order valence-corrected chi connectivity index (χ1v) is 6.06. The van der Waals surface area contributed by atoms with Crippen LogP contribution >= 0.6 is 0 Å². The molecule has 0 spiro atoms. The first-order chi connectivity index (χ1) is 9.49. The number of anilines is 2. The Labute approximate surface area is 117 Å². The van der Waals surface area contributed by atoms with Crippen LogP contribution in [-0.2, 0) is 0 Å². The highest BCUT2D eigenvalue weighted by molar-refractivity contribution is 6.03. The summed E-state index contributed by atoms with van der Waals surface area (Å²) in [7, 11) is 1.51. The Morgan fingerprint density at radius 2 is 2.00 bits per heavy atom. The van der Waals surface area contributed by atoms with Crippen LogP contribution in [0, 0.1) is 13.8 Å². The molecule has 0 bridgehead atoms. The van der Waals surface area contributed by atoms with Crippen molar-refractivity contribution in [3.8, 4) is 5.88 Å². The van der Waals surface area contributed by atoms with Crippen molar-refractivity contribution in [3.63, 3.8) is 0 Å². The number of ether oxygens (including phenoxy) is 1. The van der Waals surface area contributed by atoms with E-state index in [1.54, 1.807) is 31.2 Å². The van der Waals surface area contributed by atoms with Crippen LogP contribution in [0.5, 0.6) is 5.88 Å². The predicted molar refractivity (Wildman–Crippen MR) is 76.9 cm³/mol.